The van der Waals surface area contributed by atoms with Gasteiger partial charge in [-0.1, -0.05) is 54.6 Å². The molecule has 104 valence electrons. The summed E-state index contributed by atoms with van der Waals surface area (Å²) in [6.07, 6.45) is 1.09. The van der Waals surface area contributed by atoms with E-state index >= 15 is 0 Å². The largest absolute Gasteiger partial charge is 0.397 e. The van der Waals surface area contributed by atoms with Crippen LogP contribution in [0.15, 0.2) is 60.7 Å². The van der Waals surface area contributed by atoms with E-state index in [4.69, 9.17) is 5.73 Å². The van der Waals surface area contributed by atoms with E-state index in [9.17, 15) is 0 Å². The number of rotatable bonds is 2. The summed E-state index contributed by atoms with van der Waals surface area (Å²) in [5.41, 5.74) is 11.0. The molecule has 3 aromatic rings. The van der Waals surface area contributed by atoms with Crippen molar-refractivity contribution in [2.75, 3.05) is 17.2 Å². The van der Waals surface area contributed by atoms with Crippen LogP contribution in [0.2, 0.25) is 0 Å². The monoisotopic (exact) mass is 274 g/mol. The van der Waals surface area contributed by atoms with Gasteiger partial charge in [-0.15, -0.1) is 0 Å². The molecule has 1 aliphatic rings. The fourth-order valence-corrected chi connectivity index (χ4v) is 3.36. The highest BCUT2D eigenvalue weighted by atomic mass is 15.2. The minimum Gasteiger partial charge on any atom is -0.397 e. The lowest BCUT2D eigenvalue weighted by Crippen LogP contribution is -2.20. The number of nitrogens with two attached hydrogens (primary N) is 1. The first-order valence-electron chi connectivity index (χ1n) is 7.42. The van der Waals surface area contributed by atoms with Crippen LogP contribution in [0.3, 0.4) is 0 Å². The maximum absolute atomic E-state index is 6.19. The molecule has 0 aliphatic carbocycles. The number of para-hydroxylation sites is 1. The fraction of sp³-hybridized carbons (Fsp3) is 0.158. The lowest BCUT2D eigenvalue weighted by molar-refractivity contribution is 0.841. The Kier molecular flexibility index (Phi) is 2.81. The first-order chi connectivity index (χ1) is 10.3. The van der Waals surface area contributed by atoms with Crippen LogP contribution in [0.1, 0.15) is 11.1 Å². The molecule has 0 saturated carbocycles. The highest BCUT2D eigenvalue weighted by Gasteiger charge is 2.21. The second-order valence-electron chi connectivity index (χ2n) is 5.66. The topological polar surface area (TPSA) is 29.3 Å². The Morgan fingerprint density at radius 2 is 1.71 bits per heavy atom. The van der Waals surface area contributed by atoms with Crippen molar-refractivity contribution >= 4 is 22.1 Å². The third-order valence-electron chi connectivity index (χ3n) is 4.36. The Morgan fingerprint density at radius 1 is 0.905 bits per heavy atom. The second-order valence-corrected chi connectivity index (χ2v) is 5.66. The number of benzene rings is 3. The highest BCUT2D eigenvalue weighted by Crippen LogP contribution is 2.35. The normalized spacial score (nSPS) is 13.6. The molecular weight excluding hydrogens is 256 g/mol. The molecule has 2 nitrogen and oxygen atoms in total. The van der Waals surface area contributed by atoms with E-state index in [0.717, 1.165) is 25.2 Å². The number of fused-ring (bicyclic) bond motifs is 2. The maximum Gasteiger partial charge on any atom is 0.0636 e. The highest BCUT2D eigenvalue weighted by molar-refractivity contribution is 5.86. The number of anilines is 2. The van der Waals surface area contributed by atoms with Crippen molar-refractivity contribution in [2.45, 2.75) is 13.0 Å². The number of hydrogen-bond donors (Lipinski definition) is 1. The van der Waals surface area contributed by atoms with Crippen molar-refractivity contribution in [1.82, 2.24) is 0 Å². The van der Waals surface area contributed by atoms with Crippen LogP contribution >= 0.6 is 0 Å². The summed E-state index contributed by atoms with van der Waals surface area (Å²) in [6, 6.07) is 21.4. The van der Waals surface area contributed by atoms with Crippen LogP contribution in [0.5, 0.6) is 0 Å². The first-order valence-corrected chi connectivity index (χ1v) is 7.42. The molecule has 2 heteroatoms. The van der Waals surface area contributed by atoms with Gasteiger partial charge >= 0.3 is 0 Å². The van der Waals surface area contributed by atoms with Crippen LogP contribution in [0, 0.1) is 0 Å². The van der Waals surface area contributed by atoms with Crippen LogP contribution in [-0.4, -0.2) is 6.54 Å². The number of nitrogens with zero attached hydrogens (tertiary/aromatic N) is 1. The smallest absolute Gasteiger partial charge is 0.0636 e. The van der Waals surface area contributed by atoms with Gasteiger partial charge in [-0.3, -0.25) is 0 Å². The van der Waals surface area contributed by atoms with Crippen molar-refractivity contribution in [1.29, 1.82) is 0 Å². The summed E-state index contributed by atoms with van der Waals surface area (Å²) < 4.78 is 0. The van der Waals surface area contributed by atoms with E-state index in [1.54, 1.807) is 0 Å². The van der Waals surface area contributed by atoms with Gasteiger partial charge in [0.05, 0.1) is 11.4 Å². The molecule has 1 heterocycles. The fourth-order valence-electron chi connectivity index (χ4n) is 3.36. The predicted octanol–water partition coefficient (Wildman–Crippen LogP) is 3.98. The third kappa shape index (κ3) is 2.04. The average Bonchev–Trinajstić information content (AvgIpc) is 2.92. The van der Waals surface area contributed by atoms with Crippen molar-refractivity contribution in [3.63, 3.8) is 0 Å². The average molecular weight is 274 g/mol. The van der Waals surface area contributed by atoms with Crippen molar-refractivity contribution in [2.24, 2.45) is 0 Å². The molecule has 0 unspecified atom stereocenters. The van der Waals surface area contributed by atoms with Crippen LogP contribution in [-0.2, 0) is 13.0 Å². The van der Waals surface area contributed by atoms with E-state index < -0.39 is 0 Å². The van der Waals surface area contributed by atoms with Gasteiger partial charge in [0.1, 0.15) is 0 Å². The Labute approximate surface area is 124 Å². The SMILES string of the molecule is Nc1cccc2c1N(Cc1cccc3ccccc13)CC2. The molecule has 0 amide bonds. The van der Waals surface area contributed by atoms with Gasteiger partial charge in [-0.2, -0.15) is 0 Å². The molecule has 2 N–H and O–H groups in total. The van der Waals surface area contributed by atoms with Crippen molar-refractivity contribution < 1.29 is 0 Å². The molecule has 0 fully saturated rings. The minimum absolute atomic E-state index is 0.894. The summed E-state index contributed by atoms with van der Waals surface area (Å²) in [4.78, 5) is 2.41. The zero-order valence-electron chi connectivity index (χ0n) is 11.9. The molecule has 0 saturated heterocycles. The van der Waals surface area contributed by atoms with Crippen LogP contribution in [0.4, 0.5) is 11.4 Å². The molecule has 1 aliphatic heterocycles. The quantitative estimate of drug-likeness (QED) is 0.716. The molecule has 0 spiro atoms. The summed E-state index contributed by atoms with van der Waals surface area (Å²) in [5, 5.41) is 2.64. The summed E-state index contributed by atoms with van der Waals surface area (Å²) >= 11 is 0. The maximum atomic E-state index is 6.19. The molecule has 0 radical (unpaired) electrons. The molecular formula is C19H18N2. The van der Waals surface area contributed by atoms with E-state index in [2.05, 4.69) is 59.5 Å². The summed E-state index contributed by atoms with van der Waals surface area (Å²) in [7, 11) is 0. The van der Waals surface area contributed by atoms with Crippen molar-refractivity contribution in [3.05, 3.63) is 71.8 Å². The van der Waals surface area contributed by atoms with Gasteiger partial charge in [-0.05, 0) is 34.4 Å². The van der Waals surface area contributed by atoms with Crippen LogP contribution < -0.4 is 10.6 Å². The second kappa shape index (κ2) is 4.81. The lowest BCUT2D eigenvalue weighted by Gasteiger charge is -2.22. The van der Waals surface area contributed by atoms with E-state index in [-0.39, 0.29) is 0 Å². The van der Waals surface area contributed by atoms with Gasteiger partial charge in [0.2, 0.25) is 0 Å². The summed E-state index contributed by atoms with van der Waals surface area (Å²) in [5.74, 6) is 0. The van der Waals surface area contributed by atoms with E-state index in [0.29, 0.717) is 0 Å². The minimum atomic E-state index is 0.894. The Balaban J connectivity index is 1.75. The van der Waals surface area contributed by atoms with Gasteiger partial charge in [0, 0.05) is 13.1 Å². The predicted molar refractivity (Wildman–Crippen MR) is 89.6 cm³/mol. The van der Waals surface area contributed by atoms with Gasteiger partial charge < -0.3 is 10.6 Å². The van der Waals surface area contributed by atoms with E-state index in [1.807, 2.05) is 6.07 Å². The zero-order valence-corrected chi connectivity index (χ0v) is 11.9. The third-order valence-corrected chi connectivity index (χ3v) is 4.36. The molecule has 21 heavy (non-hydrogen) atoms. The Hall–Kier alpha value is -2.48. The van der Waals surface area contributed by atoms with Gasteiger partial charge in [-0.25, -0.2) is 0 Å². The Morgan fingerprint density at radius 3 is 2.67 bits per heavy atom. The molecule has 0 atom stereocenters. The van der Waals surface area contributed by atoms with E-state index in [1.165, 1.54) is 27.6 Å². The number of hydrogen-bond acceptors (Lipinski definition) is 2. The summed E-state index contributed by atoms with van der Waals surface area (Å²) in [6.45, 7) is 1.97. The number of nitrogen functional groups attached to an aromatic ring is 1. The standard InChI is InChI=1S/C19H18N2/c20-18-10-4-7-15-11-12-21(19(15)18)13-16-8-3-6-14-5-1-2-9-17(14)16/h1-10H,11-13,20H2. The molecule has 0 aromatic heterocycles. The van der Waals surface area contributed by atoms with Gasteiger partial charge in [0.25, 0.3) is 0 Å². The zero-order chi connectivity index (χ0) is 14.2. The Bertz CT molecular complexity index is 802. The first kappa shape index (κ1) is 12.3. The van der Waals surface area contributed by atoms with Gasteiger partial charge in [0.15, 0.2) is 0 Å². The molecule has 4 rings (SSSR count). The van der Waals surface area contributed by atoms with Crippen molar-refractivity contribution in [3.8, 4) is 0 Å². The van der Waals surface area contributed by atoms with Crippen LogP contribution in [0.25, 0.3) is 10.8 Å². The molecule has 3 aromatic carbocycles. The lowest BCUT2D eigenvalue weighted by atomic mass is 10.0. The molecule has 0 bridgehead atoms.